The zero-order valence-corrected chi connectivity index (χ0v) is 10.2. The van der Waals surface area contributed by atoms with Gasteiger partial charge in [0.15, 0.2) is 0 Å². The van der Waals surface area contributed by atoms with Gasteiger partial charge in [0.2, 0.25) is 11.8 Å². The molecule has 2 atom stereocenters. The fourth-order valence-electron chi connectivity index (χ4n) is 1.50. The minimum absolute atomic E-state index is 0.564. The number of nitrogens with zero attached hydrogens (tertiary/aromatic N) is 1. The molecule has 0 unspecified atom stereocenters. The van der Waals surface area contributed by atoms with Crippen LogP contribution in [0.1, 0.15) is 0 Å². The molecular weight excluding hydrogens is 284 g/mol. The Morgan fingerprint density at radius 2 is 1.89 bits per heavy atom. The Kier molecular flexibility index (Phi) is 3.30. The molecule has 0 aromatic carbocycles. The summed E-state index contributed by atoms with van der Waals surface area (Å²) in [5, 5.41) is 7.23. The highest BCUT2D eigenvalue weighted by Gasteiger charge is 2.50. The Morgan fingerprint density at radius 3 is 2.39 bits per heavy atom. The molecule has 0 aromatic heterocycles. The fourth-order valence-corrected chi connectivity index (χ4v) is 3.61. The van der Waals surface area contributed by atoms with Crippen molar-refractivity contribution in [2.45, 2.75) is 10.5 Å². The SMILES string of the molecule is O=C(O)CN1C(=O)S[C@H]([C@@H]2SC(=O)NC2=O)C1=O. The third-order valence-electron chi connectivity index (χ3n) is 2.24. The monoisotopic (exact) mass is 290 g/mol. The van der Waals surface area contributed by atoms with Crippen LogP contribution in [0.15, 0.2) is 0 Å². The number of rotatable bonds is 3. The average molecular weight is 290 g/mol. The van der Waals surface area contributed by atoms with Crippen molar-refractivity contribution in [2.75, 3.05) is 6.54 Å². The summed E-state index contributed by atoms with van der Waals surface area (Å²) in [7, 11) is 0. The van der Waals surface area contributed by atoms with E-state index in [1.54, 1.807) is 0 Å². The number of carboxylic acid groups (broad SMARTS) is 1. The van der Waals surface area contributed by atoms with E-state index in [0.717, 1.165) is 0 Å². The van der Waals surface area contributed by atoms with Crippen molar-refractivity contribution >= 4 is 51.8 Å². The molecule has 4 amide bonds. The number of aliphatic carboxylic acids is 1. The second kappa shape index (κ2) is 4.61. The summed E-state index contributed by atoms with van der Waals surface area (Å²) in [5.41, 5.74) is 0. The molecule has 10 heteroatoms. The van der Waals surface area contributed by atoms with E-state index in [2.05, 4.69) is 0 Å². The molecule has 2 aliphatic heterocycles. The molecule has 2 rings (SSSR count). The summed E-state index contributed by atoms with van der Waals surface area (Å²) >= 11 is 1.20. The molecule has 2 heterocycles. The van der Waals surface area contributed by atoms with Crippen LogP contribution in [-0.4, -0.2) is 55.3 Å². The predicted octanol–water partition coefficient (Wildman–Crippen LogP) is -0.513. The van der Waals surface area contributed by atoms with Crippen LogP contribution in [0.2, 0.25) is 0 Å². The van der Waals surface area contributed by atoms with Gasteiger partial charge in [-0.25, -0.2) is 0 Å². The highest BCUT2D eigenvalue weighted by Crippen LogP contribution is 2.36. The quantitative estimate of drug-likeness (QED) is 0.712. The first-order chi connectivity index (χ1) is 8.40. The van der Waals surface area contributed by atoms with Crippen LogP contribution in [-0.2, 0) is 14.4 Å². The molecule has 0 bridgehead atoms. The Labute approximate surface area is 108 Å². The van der Waals surface area contributed by atoms with Gasteiger partial charge in [-0.1, -0.05) is 0 Å². The number of amides is 4. The number of hydrogen-bond acceptors (Lipinski definition) is 7. The van der Waals surface area contributed by atoms with Gasteiger partial charge in [-0.15, -0.1) is 0 Å². The van der Waals surface area contributed by atoms with Crippen molar-refractivity contribution < 1.29 is 29.1 Å². The lowest BCUT2D eigenvalue weighted by Crippen LogP contribution is -2.40. The second-order valence-corrected chi connectivity index (χ2v) is 5.64. The Balaban J connectivity index is 2.15. The normalized spacial score (nSPS) is 27.9. The zero-order chi connectivity index (χ0) is 13.4. The van der Waals surface area contributed by atoms with E-state index in [1.165, 1.54) is 0 Å². The summed E-state index contributed by atoms with van der Waals surface area (Å²) in [4.78, 5) is 56.7. The third kappa shape index (κ3) is 2.20. The van der Waals surface area contributed by atoms with Crippen LogP contribution >= 0.6 is 23.5 Å². The topological polar surface area (TPSA) is 121 Å². The van der Waals surface area contributed by atoms with Gasteiger partial charge < -0.3 is 5.11 Å². The van der Waals surface area contributed by atoms with Gasteiger partial charge in [-0.2, -0.15) is 0 Å². The van der Waals surface area contributed by atoms with Gasteiger partial charge in [0.1, 0.15) is 17.0 Å². The van der Waals surface area contributed by atoms with Gasteiger partial charge >= 0.3 is 5.97 Å². The first-order valence-electron chi connectivity index (χ1n) is 4.65. The van der Waals surface area contributed by atoms with E-state index in [-0.39, 0.29) is 0 Å². The fraction of sp³-hybridized carbons (Fsp3) is 0.375. The van der Waals surface area contributed by atoms with E-state index >= 15 is 0 Å². The largest absolute Gasteiger partial charge is 0.480 e. The van der Waals surface area contributed by atoms with E-state index in [0.29, 0.717) is 28.4 Å². The molecular formula is C8H6N2O6S2. The molecule has 2 N–H and O–H groups in total. The van der Waals surface area contributed by atoms with Gasteiger partial charge in [0, 0.05) is 0 Å². The summed E-state index contributed by atoms with van der Waals surface area (Å²) in [6, 6.07) is 0. The van der Waals surface area contributed by atoms with Gasteiger partial charge in [-0.05, 0) is 23.5 Å². The average Bonchev–Trinajstić information content (AvgIpc) is 2.72. The first-order valence-corrected chi connectivity index (χ1v) is 6.41. The minimum atomic E-state index is -1.32. The Morgan fingerprint density at radius 1 is 1.22 bits per heavy atom. The summed E-state index contributed by atoms with van der Waals surface area (Å²) in [6.45, 7) is -0.742. The molecule has 2 saturated heterocycles. The van der Waals surface area contributed by atoms with Crippen LogP contribution in [0.5, 0.6) is 0 Å². The van der Waals surface area contributed by atoms with Crippen molar-refractivity contribution in [3.05, 3.63) is 0 Å². The van der Waals surface area contributed by atoms with Gasteiger partial charge in [0.05, 0.1) is 0 Å². The lowest BCUT2D eigenvalue weighted by Gasteiger charge is -2.12. The van der Waals surface area contributed by atoms with Crippen molar-refractivity contribution in [1.82, 2.24) is 10.2 Å². The number of carboxylic acids is 1. The van der Waals surface area contributed by atoms with Crippen LogP contribution in [0, 0.1) is 0 Å². The third-order valence-corrected chi connectivity index (χ3v) is 4.62. The molecule has 0 spiro atoms. The molecule has 18 heavy (non-hydrogen) atoms. The van der Waals surface area contributed by atoms with Crippen molar-refractivity contribution in [3.8, 4) is 0 Å². The predicted molar refractivity (Wildman–Crippen MR) is 61.0 cm³/mol. The van der Waals surface area contributed by atoms with Crippen molar-refractivity contribution in [2.24, 2.45) is 0 Å². The number of carbonyl (C=O) groups is 5. The van der Waals surface area contributed by atoms with E-state index in [4.69, 9.17) is 5.11 Å². The highest BCUT2D eigenvalue weighted by molar-refractivity contribution is 8.19. The van der Waals surface area contributed by atoms with E-state index < -0.39 is 45.3 Å². The van der Waals surface area contributed by atoms with Crippen LogP contribution in [0.3, 0.4) is 0 Å². The van der Waals surface area contributed by atoms with Crippen LogP contribution < -0.4 is 5.32 Å². The molecule has 2 aliphatic rings. The maximum atomic E-state index is 11.8. The second-order valence-electron chi connectivity index (χ2n) is 3.44. The molecule has 0 aromatic rings. The first kappa shape index (κ1) is 12.9. The number of nitrogens with one attached hydrogen (secondary N) is 1. The number of hydrogen-bond donors (Lipinski definition) is 2. The van der Waals surface area contributed by atoms with E-state index in [9.17, 15) is 24.0 Å². The van der Waals surface area contributed by atoms with Crippen LogP contribution in [0.25, 0.3) is 0 Å². The number of carbonyl (C=O) groups excluding carboxylic acids is 4. The summed E-state index contributed by atoms with van der Waals surface area (Å²) in [6.07, 6.45) is 0. The smallest absolute Gasteiger partial charge is 0.323 e. The lowest BCUT2D eigenvalue weighted by atomic mass is 10.2. The Bertz CT molecular complexity index is 478. The summed E-state index contributed by atoms with van der Waals surface area (Å²) in [5.74, 6) is -2.71. The van der Waals surface area contributed by atoms with Gasteiger partial charge in [-0.3, -0.25) is 34.2 Å². The number of imide groups is 2. The maximum Gasteiger partial charge on any atom is 0.323 e. The lowest BCUT2D eigenvalue weighted by molar-refractivity contribution is -0.141. The van der Waals surface area contributed by atoms with Crippen molar-refractivity contribution in [1.29, 1.82) is 0 Å². The minimum Gasteiger partial charge on any atom is -0.480 e. The molecule has 0 aliphatic carbocycles. The molecule has 0 radical (unpaired) electrons. The summed E-state index contributed by atoms with van der Waals surface area (Å²) < 4.78 is 0. The maximum absolute atomic E-state index is 11.8. The molecule has 8 nitrogen and oxygen atoms in total. The Hall–Kier alpha value is -1.55. The van der Waals surface area contributed by atoms with Crippen molar-refractivity contribution in [3.63, 3.8) is 0 Å². The molecule has 96 valence electrons. The standard InChI is InChI=1S/C8H6N2O6S2/c11-2(12)1-10-6(14)4(18-8(10)16)3-5(13)9-7(15)17-3/h3-4H,1H2,(H,11,12)(H,9,13,15)/t3-,4+/m0/s1. The molecule has 0 saturated carbocycles. The van der Waals surface area contributed by atoms with Gasteiger partial charge in [0.25, 0.3) is 10.5 Å². The van der Waals surface area contributed by atoms with Crippen LogP contribution in [0.4, 0.5) is 9.59 Å². The molecule has 2 fully saturated rings. The highest BCUT2D eigenvalue weighted by atomic mass is 32.2. The number of thioether (sulfide) groups is 2. The zero-order valence-electron chi connectivity index (χ0n) is 8.61. The van der Waals surface area contributed by atoms with E-state index in [1.807, 2.05) is 5.32 Å².